The van der Waals surface area contributed by atoms with Crippen LogP contribution in [0.2, 0.25) is 0 Å². The van der Waals surface area contributed by atoms with Crippen LogP contribution in [-0.4, -0.2) is 24.0 Å². The molecule has 19 heavy (non-hydrogen) atoms. The maximum absolute atomic E-state index is 11.6. The Kier molecular flexibility index (Phi) is 5.10. The number of hydrogen-bond donors (Lipinski definition) is 1. The largest absolute Gasteiger partial charge is 0.455 e. The summed E-state index contributed by atoms with van der Waals surface area (Å²) in [5.74, 6) is -0.683. The van der Waals surface area contributed by atoms with Gasteiger partial charge in [0, 0.05) is 5.54 Å². The summed E-state index contributed by atoms with van der Waals surface area (Å²) in [6.45, 7) is 7.37. The molecule has 0 saturated carbocycles. The lowest BCUT2D eigenvalue weighted by atomic mass is 10.1. The molecule has 0 bridgehead atoms. The molecule has 1 amide bonds. The second-order valence-electron chi connectivity index (χ2n) is 5.62. The van der Waals surface area contributed by atoms with E-state index in [0.29, 0.717) is 0 Å². The molecule has 0 atom stereocenters. The van der Waals surface area contributed by atoms with Crippen LogP contribution in [-0.2, 0) is 20.7 Å². The predicted molar refractivity (Wildman–Crippen MR) is 73.7 cm³/mol. The van der Waals surface area contributed by atoms with E-state index in [0.717, 1.165) is 11.1 Å². The van der Waals surface area contributed by atoms with Gasteiger partial charge in [-0.15, -0.1) is 0 Å². The molecule has 104 valence electrons. The number of hydrogen-bond acceptors (Lipinski definition) is 3. The summed E-state index contributed by atoms with van der Waals surface area (Å²) in [6, 6.07) is 7.64. The molecule has 0 heterocycles. The van der Waals surface area contributed by atoms with E-state index >= 15 is 0 Å². The summed E-state index contributed by atoms with van der Waals surface area (Å²) in [5, 5.41) is 2.73. The molecule has 0 aliphatic carbocycles. The third kappa shape index (κ3) is 6.60. The highest BCUT2D eigenvalue weighted by molar-refractivity contribution is 5.81. The maximum atomic E-state index is 11.6. The summed E-state index contributed by atoms with van der Waals surface area (Å²) in [5.41, 5.74) is 1.70. The average Bonchev–Trinajstić information content (AvgIpc) is 2.27. The van der Waals surface area contributed by atoms with E-state index in [1.807, 2.05) is 52.0 Å². The van der Waals surface area contributed by atoms with Gasteiger partial charge < -0.3 is 10.1 Å². The van der Waals surface area contributed by atoms with Gasteiger partial charge in [-0.25, -0.2) is 0 Å². The van der Waals surface area contributed by atoms with Gasteiger partial charge >= 0.3 is 5.97 Å². The summed E-state index contributed by atoms with van der Waals surface area (Å²) in [6.07, 6.45) is 0.184. The molecule has 0 spiro atoms. The Morgan fingerprint density at radius 1 is 1.16 bits per heavy atom. The van der Waals surface area contributed by atoms with E-state index in [2.05, 4.69) is 5.32 Å². The number of carbonyl (C=O) groups is 2. The fourth-order valence-electron chi connectivity index (χ4n) is 1.52. The van der Waals surface area contributed by atoms with Gasteiger partial charge in [-0.05, 0) is 33.3 Å². The number of rotatable bonds is 4. The third-order valence-electron chi connectivity index (χ3n) is 2.35. The number of amides is 1. The summed E-state index contributed by atoms with van der Waals surface area (Å²) >= 11 is 0. The first-order chi connectivity index (χ1) is 8.76. The topological polar surface area (TPSA) is 55.4 Å². The Labute approximate surface area is 114 Å². The van der Waals surface area contributed by atoms with Crippen molar-refractivity contribution in [3.05, 3.63) is 35.4 Å². The van der Waals surface area contributed by atoms with Gasteiger partial charge in [-0.2, -0.15) is 0 Å². The third-order valence-corrected chi connectivity index (χ3v) is 2.35. The van der Waals surface area contributed by atoms with Crippen molar-refractivity contribution in [1.29, 1.82) is 0 Å². The average molecular weight is 263 g/mol. The highest BCUT2D eigenvalue weighted by Gasteiger charge is 2.15. The summed E-state index contributed by atoms with van der Waals surface area (Å²) < 4.78 is 4.93. The molecule has 0 unspecified atom stereocenters. The van der Waals surface area contributed by atoms with Crippen LogP contribution in [0.15, 0.2) is 24.3 Å². The molecule has 0 saturated heterocycles. The minimum Gasteiger partial charge on any atom is -0.455 e. The first-order valence-electron chi connectivity index (χ1n) is 6.28. The van der Waals surface area contributed by atoms with Crippen molar-refractivity contribution in [3.8, 4) is 0 Å². The molecular weight excluding hydrogens is 242 g/mol. The van der Waals surface area contributed by atoms with E-state index < -0.39 is 5.97 Å². The Bertz CT molecular complexity index is 443. The Morgan fingerprint density at radius 3 is 2.26 bits per heavy atom. The highest BCUT2D eigenvalue weighted by Crippen LogP contribution is 2.05. The normalized spacial score (nSPS) is 10.9. The molecule has 0 fully saturated rings. The lowest BCUT2D eigenvalue weighted by molar-refractivity contribution is -0.148. The molecule has 1 aromatic rings. The van der Waals surface area contributed by atoms with Crippen molar-refractivity contribution >= 4 is 11.9 Å². The van der Waals surface area contributed by atoms with Crippen molar-refractivity contribution in [1.82, 2.24) is 5.32 Å². The smallest absolute Gasteiger partial charge is 0.310 e. The van der Waals surface area contributed by atoms with Crippen LogP contribution in [0.4, 0.5) is 0 Å². The molecule has 0 radical (unpaired) electrons. The fourth-order valence-corrected chi connectivity index (χ4v) is 1.52. The molecule has 1 N–H and O–H groups in total. The minimum absolute atomic E-state index is 0.184. The monoisotopic (exact) mass is 263 g/mol. The van der Waals surface area contributed by atoms with E-state index in [-0.39, 0.29) is 24.5 Å². The maximum Gasteiger partial charge on any atom is 0.310 e. The number of esters is 1. The van der Waals surface area contributed by atoms with Crippen molar-refractivity contribution in [3.63, 3.8) is 0 Å². The lowest BCUT2D eigenvalue weighted by Gasteiger charge is -2.20. The van der Waals surface area contributed by atoms with E-state index in [1.54, 1.807) is 0 Å². The molecule has 1 rings (SSSR count). The zero-order chi connectivity index (χ0) is 14.5. The van der Waals surface area contributed by atoms with Crippen LogP contribution in [0, 0.1) is 6.92 Å². The van der Waals surface area contributed by atoms with Crippen molar-refractivity contribution in [2.75, 3.05) is 6.61 Å². The number of carbonyl (C=O) groups excluding carboxylic acids is 2. The molecule has 1 aromatic carbocycles. The van der Waals surface area contributed by atoms with Crippen LogP contribution in [0.25, 0.3) is 0 Å². The van der Waals surface area contributed by atoms with Gasteiger partial charge in [0.25, 0.3) is 5.91 Å². The zero-order valence-electron chi connectivity index (χ0n) is 11.9. The first-order valence-corrected chi connectivity index (χ1v) is 6.28. The molecule has 0 aliphatic rings. The van der Waals surface area contributed by atoms with Crippen LogP contribution < -0.4 is 5.32 Å². The van der Waals surface area contributed by atoms with Crippen molar-refractivity contribution in [2.24, 2.45) is 0 Å². The Morgan fingerprint density at radius 2 is 1.74 bits per heavy atom. The van der Waals surface area contributed by atoms with E-state index in [1.165, 1.54) is 0 Å². The minimum atomic E-state index is -0.395. The second kappa shape index (κ2) is 6.36. The fraction of sp³-hybridized carbons (Fsp3) is 0.467. The van der Waals surface area contributed by atoms with Gasteiger partial charge in [-0.1, -0.05) is 29.8 Å². The number of benzene rings is 1. The number of ether oxygens (including phenoxy) is 1. The van der Waals surface area contributed by atoms with Gasteiger partial charge in [0.15, 0.2) is 6.61 Å². The van der Waals surface area contributed by atoms with Crippen LogP contribution in [0.3, 0.4) is 0 Å². The van der Waals surface area contributed by atoms with Gasteiger partial charge in [0.05, 0.1) is 6.42 Å². The van der Waals surface area contributed by atoms with Crippen LogP contribution >= 0.6 is 0 Å². The lowest BCUT2D eigenvalue weighted by Crippen LogP contribution is -2.42. The quantitative estimate of drug-likeness (QED) is 0.845. The highest BCUT2D eigenvalue weighted by atomic mass is 16.5. The summed E-state index contributed by atoms with van der Waals surface area (Å²) in [4.78, 5) is 23.0. The molecular formula is C15H21NO3. The van der Waals surface area contributed by atoms with Gasteiger partial charge in [-0.3, -0.25) is 9.59 Å². The molecule has 4 nitrogen and oxygen atoms in total. The molecule has 0 aromatic heterocycles. The van der Waals surface area contributed by atoms with E-state index in [4.69, 9.17) is 4.74 Å². The standard InChI is InChI=1S/C15H21NO3/c1-11-5-7-12(8-6-11)9-14(18)19-10-13(17)16-15(2,3)4/h5-8H,9-10H2,1-4H3,(H,16,17). The Hall–Kier alpha value is -1.84. The molecule has 4 heteroatoms. The zero-order valence-corrected chi connectivity index (χ0v) is 11.9. The SMILES string of the molecule is Cc1ccc(CC(=O)OCC(=O)NC(C)(C)C)cc1. The number of aryl methyl sites for hydroxylation is 1. The predicted octanol–water partition coefficient (Wildman–Crippen LogP) is 2.00. The van der Waals surface area contributed by atoms with Gasteiger partial charge in [0.2, 0.25) is 0 Å². The summed E-state index contributed by atoms with van der Waals surface area (Å²) in [7, 11) is 0. The van der Waals surface area contributed by atoms with E-state index in [9.17, 15) is 9.59 Å². The van der Waals surface area contributed by atoms with Crippen LogP contribution in [0.1, 0.15) is 31.9 Å². The second-order valence-corrected chi connectivity index (χ2v) is 5.62. The first kappa shape index (κ1) is 15.2. The van der Waals surface area contributed by atoms with Gasteiger partial charge in [0.1, 0.15) is 0 Å². The number of nitrogens with one attached hydrogen (secondary N) is 1. The molecule has 0 aliphatic heterocycles. The van der Waals surface area contributed by atoms with Crippen molar-refractivity contribution in [2.45, 2.75) is 39.7 Å². The van der Waals surface area contributed by atoms with Crippen molar-refractivity contribution < 1.29 is 14.3 Å². The Balaban J connectivity index is 2.36. The van der Waals surface area contributed by atoms with Crippen LogP contribution in [0.5, 0.6) is 0 Å².